The highest BCUT2D eigenvalue weighted by molar-refractivity contribution is 5.76. The van der Waals surface area contributed by atoms with Crippen LogP contribution in [-0.4, -0.2) is 42.4 Å². The molecule has 1 atom stereocenters. The van der Waals surface area contributed by atoms with E-state index in [-0.39, 0.29) is 0 Å². The Morgan fingerprint density at radius 2 is 2.29 bits per heavy atom. The molecule has 1 aromatic rings. The Kier molecular flexibility index (Phi) is 5.22. The molecule has 94 valence electrons. The van der Waals surface area contributed by atoms with Crippen LogP contribution in [0.2, 0.25) is 0 Å². The van der Waals surface area contributed by atoms with Gasteiger partial charge >= 0.3 is 5.97 Å². The van der Waals surface area contributed by atoms with Gasteiger partial charge in [-0.15, -0.1) is 0 Å². The van der Waals surface area contributed by atoms with Crippen molar-refractivity contribution in [1.82, 2.24) is 4.98 Å². The summed E-state index contributed by atoms with van der Waals surface area (Å²) in [5.41, 5.74) is 0.638. The number of aliphatic carboxylic acids is 1. The largest absolute Gasteiger partial charge is 0.480 e. The maximum atomic E-state index is 10.6. The molecule has 0 aromatic carbocycles. The molecule has 0 aliphatic rings. The van der Waals surface area contributed by atoms with Crippen LogP contribution in [-0.2, 0) is 9.53 Å². The zero-order valence-electron chi connectivity index (χ0n) is 9.84. The summed E-state index contributed by atoms with van der Waals surface area (Å²) in [6.45, 7) is 2.49. The Hall–Kier alpha value is -1.82. The van der Waals surface area contributed by atoms with E-state index in [0.717, 1.165) is 0 Å². The van der Waals surface area contributed by atoms with Gasteiger partial charge in [0.15, 0.2) is 0 Å². The lowest BCUT2D eigenvalue weighted by Gasteiger charge is -2.10. The van der Waals surface area contributed by atoms with Crippen LogP contribution < -0.4 is 10.1 Å². The molecule has 1 rings (SSSR count). The van der Waals surface area contributed by atoms with Crippen molar-refractivity contribution in [2.45, 2.75) is 13.0 Å². The minimum atomic E-state index is -0.912. The topological polar surface area (TPSA) is 80.7 Å². The van der Waals surface area contributed by atoms with Gasteiger partial charge in [-0.05, 0) is 13.0 Å². The zero-order valence-corrected chi connectivity index (χ0v) is 9.84. The van der Waals surface area contributed by atoms with Gasteiger partial charge in [-0.2, -0.15) is 0 Å². The van der Waals surface area contributed by atoms with Crippen molar-refractivity contribution in [3.63, 3.8) is 0 Å². The van der Waals surface area contributed by atoms with Gasteiger partial charge in [0.2, 0.25) is 5.88 Å². The molecule has 1 aromatic heterocycles. The van der Waals surface area contributed by atoms with Crippen molar-refractivity contribution in [3.05, 3.63) is 18.3 Å². The number of ether oxygens (including phenoxy) is 2. The summed E-state index contributed by atoms with van der Waals surface area (Å²) in [4.78, 5) is 14.7. The van der Waals surface area contributed by atoms with Crippen LogP contribution in [0.25, 0.3) is 0 Å². The average Bonchev–Trinajstić information content (AvgIpc) is 2.31. The van der Waals surface area contributed by atoms with Gasteiger partial charge in [0.25, 0.3) is 0 Å². The van der Waals surface area contributed by atoms with Crippen LogP contribution in [0.4, 0.5) is 5.69 Å². The van der Waals surface area contributed by atoms with Gasteiger partial charge in [0.05, 0.1) is 18.5 Å². The van der Waals surface area contributed by atoms with E-state index in [1.807, 2.05) is 0 Å². The van der Waals surface area contributed by atoms with E-state index in [2.05, 4.69) is 10.3 Å². The molecule has 0 aliphatic heterocycles. The number of nitrogens with one attached hydrogen (secondary N) is 1. The number of hydrogen-bond donors (Lipinski definition) is 2. The molecule has 6 heteroatoms. The number of methoxy groups -OCH3 is 1. The van der Waals surface area contributed by atoms with E-state index in [0.29, 0.717) is 24.8 Å². The van der Waals surface area contributed by atoms with E-state index >= 15 is 0 Å². The number of pyridine rings is 1. The summed E-state index contributed by atoms with van der Waals surface area (Å²) in [5, 5.41) is 11.5. The fourth-order valence-corrected chi connectivity index (χ4v) is 1.09. The first kappa shape index (κ1) is 13.2. The molecule has 0 fully saturated rings. The van der Waals surface area contributed by atoms with Crippen LogP contribution in [0.5, 0.6) is 5.88 Å². The van der Waals surface area contributed by atoms with Crippen LogP contribution >= 0.6 is 0 Å². The molecule has 0 saturated heterocycles. The molecule has 6 nitrogen and oxygen atoms in total. The molecule has 17 heavy (non-hydrogen) atoms. The van der Waals surface area contributed by atoms with Gasteiger partial charge in [0.1, 0.15) is 12.6 Å². The quantitative estimate of drug-likeness (QED) is 0.692. The number of hydrogen-bond acceptors (Lipinski definition) is 5. The SMILES string of the molecule is COCCOc1ccc(NC(C)C(=O)O)cn1. The van der Waals surface area contributed by atoms with Gasteiger partial charge < -0.3 is 19.9 Å². The first-order valence-electron chi connectivity index (χ1n) is 5.20. The van der Waals surface area contributed by atoms with Crippen molar-refractivity contribution in [3.8, 4) is 5.88 Å². The Morgan fingerprint density at radius 1 is 1.53 bits per heavy atom. The summed E-state index contributed by atoms with van der Waals surface area (Å²) in [7, 11) is 1.59. The van der Waals surface area contributed by atoms with Crippen molar-refractivity contribution in [2.24, 2.45) is 0 Å². The molecular formula is C11H16N2O4. The number of carbonyl (C=O) groups is 1. The molecule has 0 spiro atoms. The maximum Gasteiger partial charge on any atom is 0.325 e. The fourth-order valence-electron chi connectivity index (χ4n) is 1.09. The molecule has 0 amide bonds. The Balaban J connectivity index is 2.47. The summed E-state index contributed by atoms with van der Waals surface area (Å²) >= 11 is 0. The van der Waals surface area contributed by atoms with Gasteiger partial charge in [0, 0.05) is 13.2 Å². The predicted molar refractivity (Wildman–Crippen MR) is 62.3 cm³/mol. The maximum absolute atomic E-state index is 10.6. The Bertz CT molecular complexity index is 353. The molecule has 0 radical (unpaired) electrons. The highest BCUT2D eigenvalue weighted by Gasteiger charge is 2.09. The number of carboxylic acids is 1. The van der Waals surface area contributed by atoms with E-state index in [1.165, 1.54) is 6.20 Å². The van der Waals surface area contributed by atoms with E-state index < -0.39 is 12.0 Å². The summed E-state index contributed by atoms with van der Waals surface area (Å²) in [5.74, 6) is -0.430. The monoisotopic (exact) mass is 240 g/mol. The summed E-state index contributed by atoms with van der Waals surface area (Å²) in [6.07, 6.45) is 1.53. The number of rotatable bonds is 7. The van der Waals surface area contributed by atoms with Gasteiger partial charge in [-0.3, -0.25) is 4.79 Å². The normalized spacial score (nSPS) is 11.9. The number of nitrogens with zero attached hydrogens (tertiary/aromatic N) is 1. The molecular weight excluding hydrogens is 224 g/mol. The van der Waals surface area contributed by atoms with Gasteiger partial charge in [-0.25, -0.2) is 4.98 Å². The van der Waals surface area contributed by atoms with Crippen LogP contribution in [0.1, 0.15) is 6.92 Å². The molecule has 0 saturated carbocycles. The lowest BCUT2D eigenvalue weighted by Crippen LogP contribution is -2.25. The minimum Gasteiger partial charge on any atom is -0.480 e. The van der Waals surface area contributed by atoms with Crippen molar-refractivity contribution in [1.29, 1.82) is 0 Å². The zero-order chi connectivity index (χ0) is 12.7. The summed E-state index contributed by atoms with van der Waals surface area (Å²) in [6, 6.07) is 2.73. The molecule has 0 aliphatic carbocycles. The van der Waals surface area contributed by atoms with Crippen LogP contribution in [0.15, 0.2) is 18.3 Å². The van der Waals surface area contributed by atoms with Crippen LogP contribution in [0, 0.1) is 0 Å². The van der Waals surface area contributed by atoms with E-state index in [9.17, 15) is 4.79 Å². The van der Waals surface area contributed by atoms with E-state index in [1.54, 1.807) is 26.2 Å². The number of carboxylic acid groups (broad SMARTS) is 1. The third-order valence-corrected chi connectivity index (χ3v) is 2.03. The fraction of sp³-hybridized carbons (Fsp3) is 0.455. The highest BCUT2D eigenvalue weighted by Crippen LogP contribution is 2.12. The van der Waals surface area contributed by atoms with Crippen molar-refractivity contribution < 1.29 is 19.4 Å². The Morgan fingerprint density at radius 3 is 2.82 bits per heavy atom. The summed E-state index contributed by atoms with van der Waals surface area (Å²) < 4.78 is 10.1. The lowest BCUT2D eigenvalue weighted by molar-refractivity contribution is -0.137. The minimum absolute atomic E-state index is 0.432. The highest BCUT2D eigenvalue weighted by atomic mass is 16.5. The Labute approximate surface area is 99.6 Å². The molecule has 0 bridgehead atoms. The standard InChI is InChI=1S/C11H16N2O4/c1-8(11(14)15)13-9-3-4-10(12-7-9)17-6-5-16-2/h3-4,7-8,13H,5-6H2,1-2H3,(H,14,15). The second-order valence-electron chi connectivity index (χ2n) is 3.43. The molecule has 1 heterocycles. The van der Waals surface area contributed by atoms with Gasteiger partial charge in [-0.1, -0.05) is 0 Å². The second kappa shape index (κ2) is 6.70. The third kappa shape index (κ3) is 4.69. The van der Waals surface area contributed by atoms with Crippen molar-refractivity contribution >= 4 is 11.7 Å². The van der Waals surface area contributed by atoms with Crippen LogP contribution in [0.3, 0.4) is 0 Å². The van der Waals surface area contributed by atoms with Crippen molar-refractivity contribution in [2.75, 3.05) is 25.6 Å². The molecule has 2 N–H and O–H groups in total. The smallest absolute Gasteiger partial charge is 0.325 e. The predicted octanol–water partition coefficient (Wildman–Crippen LogP) is 0.992. The lowest BCUT2D eigenvalue weighted by atomic mass is 10.3. The first-order valence-corrected chi connectivity index (χ1v) is 5.20. The van der Waals surface area contributed by atoms with E-state index in [4.69, 9.17) is 14.6 Å². The number of aromatic nitrogens is 1. The second-order valence-corrected chi connectivity index (χ2v) is 3.43. The third-order valence-electron chi connectivity index (χ3n) is 2.03. The first-order chi connectivity index (χ1) is 8.13. The molecule has 1 unspecified atom stereocenters. The average molecular weight is 240 g/mol. The number of anilines is 1.